The van der Waals surface area contributed by atoms with Gasteiger partial charge in [0, 0.05) is 23.4 Å². The van der Waals surface area contributed by atoms with E-state index in [4.69, 9.17) is 9.73 Å². The molecule has 0 atom stereocenters. The molecule has 0 aliphatic heterocycles. The normalized spacial score (nSPS) is 11.9. The molecule has 3 aromatic carbocycles. The number of aromatic hydroxyl groups is 2. The van der Waals surface area contributed by atoms with E-state index in [2.05, 4.69) is 18.5 Å². The summed E-state index contributed by atoms with van der Waals surface area (Å²) in [7, 11) is 0. The van der Waals surface area contributed by atoms with E-state index in [1.165, 1.54) is 12.1 Å². The molecule has 5 heteroatoms. The Balaban J connectivity index is 1.89. The molecule has 0 heterocycles. The summed E-state index contributed by atoms with van der Waals surface area (Å²) >= 11 is 0. The maximum absolute atomic E-state index is 10.6. The molecular formula is C29H32N2O3. The smallest absolute Gasteiger partial charge is 0.160 e. The fourth-order valence-corrected chi connectivity index (χ4v) is 3.51. The largest absolute Gasteiger partial charge is 0.507 e. The first-order chi connectivity index (χ1) is 16.5. The SMILES string of the molecule is C=C(N=C(N=C(C)c1ccccc1)c1ccccc1)c1c(O)cc(OCCCCCC)cc1O. The van der Waals surface area contributed by atoms with Crippen LogP contribution in [0.2, 0.25) is 0 Å². The van der Waals surface area contributed by atoms with Crippen molar-refractivity contribution in [2.45, 2.75) is 39.5 Å². The predicted octanol–water partition coefficient (Wildman–Crippen LogP) is 6.98. The molecule has 0 aliphatic rings. The molecule has 0 spiro atoms. The van der Waals surface area contributed by atoms with Gasteiger partial charge in [0.25, 0.3) is 0 Å². The monoisotopic (exact) mass is 456 g/mol. The highest BCUT2D eigenvalue weighted by molar-refractivity contribution is 6.12. The minimum absolute atomic E-state index is 0.145. The van der Waals surface area contributed by atoms with Crippen molar-refractivity contribution in [1.29, 1.82) is 0 Å². The van der Waals surface area contributed by atoms with Gasteiger partial charge in [-0.15, -0.1) is 0 Å². The van der Waals surface area contributed by atoms with Crippen LogP contribution in [0.15, 0.2) is 89.4 Å². The van der Waals surface area contributed by atoms with Gasteiger partial charge in [0.2, 0.25) is 0 Å². The van der Waals surface area contributed by atoms with Crippen molar-refractivity contribution in [1.82, 2.24) is 0 Å². The summed E-state index contributed by atoms with van der Waals surface area (Å²) in [6.45, 7) is 8.60. The molecular weight excluding hydrogens is 424 g/mol. The van der Waals surface area contributed by atoms with Gasteiger partial charge in [0.1, 0.15) is 17.2 Å². The standard InChI is InChI=1S/C29H32N2O3/c1-4-5-6-13-18-34-25-19-26(32)28(27(33)20-25)22(3)31-29(24-16-11-8-12-17-24)30-21(2)23-14-9-7-10-15-23/h7-12,14-17,19-20,32-33H,3-6,13,18H2,1-2H3. The zero-order valence-corrected chi connectivity index (χ0v) is 19.9. The summed E-state index contributed by atoms with van der Waals surface area (Å²) in [5.74, 6) is 0.553. The van der Waals surface area contributed by atoms with Gasteiger partial charge in [-0.2, -0.15) is 0 Å². The predicted molar refractivity (Wildman–Crippen MR) is 140 cm³/mol. The Hall–Kier alpha value is -3.86. The molecule has 0 radical (unpaired) electrons. The van der Waals surface area contributed by atoms with Crippen molar-refractivity contribution in [3.05, 3.63) is 96.1 Å². The Labute approximate surface area is 201 Å². The van der Waals surface area contributed by atoms with Gasteiger partial charge in [-0.3, -0.25) is 0 Å². The first-order valence-corrected chi connectivity index (χ1v) is 11.6. The zero-order chi connectivity index (χ0) is 24.3. The number of rotatable bonds is 10. The average Bonchev–Trinajstić information content (AvgIpc) is 2.84. The maximum Gasteiger partial charge on any atom is 0.160 e. The van der Waals surface area contributed by atoms with E-state index < -0.39 is 0 Å². The lowest BCUT2D eigenvalue weighted by Gasteiger charge is -2.12. The number of aliphatic imine (C=N–C) groups is 2. The van der Waals surface area contributed by atoms with Crippen LogP contribution >= 0.6 is 0 Å². The maximum atomic E-state index is 10.6. The molecule has 0 saturated carbocycles. The number of benzene rings is 3. The van der Waals surface area contributed by atoms with E-state index >= 15 is 0 Å². The number of nitrogens with zero attached hydrogens (tertiary/aromatic N) is 2. The summed E-state index contributed by atoms with van der Waals surface area (Å²) in [4.78, 5) is 9.35. The molecule has 0 aliphatic carbocycles. The lowest BCUT2D eigenvalue weighted by Crippen LogP contribution is -2.04. The van der Waals surface area contributed by atoms with Gasteiger partial charge >= 0.3 is 0 Å². The van der Waals surface area contributed by atoms with Crippen LogP contribution < -0.4 is 4.74 Å². The van der Waals surface area contributed by atoms with Crippen molar-refractivity contribution in [2.24, 2.45) is 9.98 Å². The molecule has 176 valence electrons. The van der Waals surface area contributed by atoms with Crippen molar-refractivity contribution in [3.8, 4) is 17.2 Å². The lowest BCUT2D eigenvalue weighted by molar-refractivity contribution is 0.301. The van der Waals surface area contributed by atoms with E-state index in [0.717, 1.165) is 42.5 Å². The number of hydrogen-bond donors (Lipinski definition) is 2. The topological polar surface area (TPSA) is 74.4 Å². The van der Waals surface area contributed by atoms with Gasteiger partial charge < -0.3 is 14.9 Å². The Morgan fingerprint density at radius 2 is 1.41 bits per heavy atom. The van der Waals surface area contributed by atoms with Gasteiger partial charge in [0.05, 0.1) is 17.9 Å². The van der Waals surface area contributed by atoms with Gasteiger partial charge in [0.15, 0.2) is 5.84 Å². The van der Waals surface area contributed by atoms with Crippen molar-refractivity contribution in [3.63, 3.8) is 0 Å². The number of ether oxygens (including phenoxy) is 1. The van der Waals surface area contributed by atoms with E-state index in [1.807, 2.05) is 67.6 Å². The third kappa shape index (κ3) is 6.82. The number of hydrogen-bond acceptors (Lipinski definition) is 4. The summed E-state index contributed by atoms with van der Waals surface area (Å²) in [5.41, 5.74) is 2.91. The Kier molecular flexibility index (Phi) is 9.04. The quantitative estimate of drug-likeness (QED) is 0.196. The van der Waals surface area contributed by atoms with Gasteiger partial charge in [-0.05, 0) is 18.9 Å². The van der Waals surface area contributed by atoms with E-state index in [9.17, 15) is 10.2 Å². The second kappa shape index (κ2) is 12.4. The number of phenolic OH excluding ortho intramolecular Hbond substituents is 2. The highest BCUT2D eigenvalue weighted by Crippen LogP contribution is 2.37. The summed E-state index contributed by atoms with van der Waals surface area (Å²) < 4.78 is 5.69. The van der Waals surface area contributed by atoms with Crippen molar-refractivity contribution >= 4 is 17.2 Å². The summed E-state index contributed by atoms with van der Waals surface area (Å²) in [5, 5.41) is 21.2. The fraction of sp³-hybridized carbons (Fsp3) is 0.241. The zero-order valence-electron chi connectivity index (χ0n) is 19.9. The van der Waals surface area contributed by atoms with Crippen LogP contribution in [0.5, 0.6) is 17.2 Å². The molecule has 0 bridgehead atoms. The summed E-state index contributed by atoms with van der Waals surface area (Å²) in [6, 6.07) is 22.3. The first kappa shape index (κ1) is 24.8. The highest BCUT2D eigenvalue weighted by Gasteiger charge is 2.15. The van der Waals surface area contributed by atoms with E-state index in [-0.39, 0.29) is 22.8 Å². The van der Waals surface area contributed by atoms with Crippen LogP contribution in [-0.4, -0.2) is 28.4 Å². The third-order valence-corrected chi connectivity index (χ3v) is 5.36. The lowest BCUT2D eigenvalue weighted by atomic mass is 10.1. The molecule has 0 unspecified atom stereocenters. The van der Waals surface area contributed by atoms with Crippen LogP contribution in [0, 0.1) is 0 Å². The number of amidine groups is 1. The van der Waals surface area contributed by atoms with E-state index in [1.54, 1.807) is 0 Å². The molecule has 3 aromatic rings. The fourth-order valence-electron chi connectivity index (χ4n) is 3.51. The molecule has 0 saturated heterocycles. The van der Waals surface area contributed by atoms with Crippen molar-refractivity contribution < 1.29 is 14.9 Å². The second-order valence-electron chi connectivity index (χ2n) is 8.06. The molecule has 0 aromatic heterocycles. The highest BCUT2D eigenvalue weighted by atomic mass is 16.5. The molecule has 2 N–H and O–H groups in total. The minimum Gasteiger partial charge on any atom is -0.507 e. The minimum atomic E-state index is -0.145. The van der Waals surface area contributed by atoms with E-state index in [0.29, 0.717) is 18.2 Å². The summed E-state index contributed by atoms with van der Waals surface area (Å²) in [6.07, 6.45) is 4.32. The molecule has 0 amide bonds. The molecule has 3 rings (SSSR count). The van der Waals surface area contributed by atoms with Crippen LogP contribution in [0.4, 0.5) is 0 Å². The van der Waals surface area contributed by atoms with Crippen LogP contribution in [0.1, 0.15) is 56.2 Å². The molecule has 34 heavy (non-hydrogen) atoms. The number of phenols is 2. The average molecular weight is 457 g/mol. The van der Waals surface area contributed by atoms with Gasteiger partial charge in [-0.1, -0.05) is 93.4 Å². The van der Waals surface area contributed by atoms with Gasteiger partial charge in [-0.25, -0.2) is 9.98 Å². The van der Waals surface area contributed by atoms with Crippen LogP contribution in [0.3, 0.4) is 0 Å². The third-order valence-electron chi connectivity index (χ3n) is 5.36. The van der Waals surface area contributed by atoms with Crippen LogP contribution in [-0.2, 0) is 0 Å². The molecule has 5 nitrogen and oxygen atoms in total. The molecule has 0 fully saturated rings. The Bertz CT molecular complexity index is 1130. The van der Waals surface area contributed by atoms with Crippen molar-refractivity contribution in [2.75, 3.05) is 6.61 Å². The number of unbranched alkanes of at least 4 members (excludes halogenated alkanes) is 3. The Morgan fingerprint density at radius 3 is 2.00 bits per heavy atom. The first-order valence-electron chi connectivity index (χ1n) is 11.6. The van der Waals surface area contributed by atoms with Crippen LogP contribution in [0.25, 0.3) is 5.70 Å². The Morgan fingerprint density at radius 1 is 0.824 bits per heavy atom. The second-order valence-corrected chi connectivity index (χ2v) is 8.06.